The SMILES string of the molecule is CCCC1CC1Nc1cc(Cl)c(N)cc1C. The molecule has 2 rings (SSSR count). The van der Waals surface area contributed by atoms with Gasteiger partial charge in [-0.05, 0) is 43.4 Å². The van der Waals surface area contributed by atoms with Gasteiger partial charge in [-0.3, -0.25) is 0 Å². The average Bonchev–Trinajstić information content (AvgIpc) is 2.94. The smallest absolute Gasteiger partial charge is 0.0656 e. The Bertz CT molecular complexity index is 390. The number of rotatable bonds is 4. The van der Waals surface area contributed by atoms with Gasteiger partial charge in [-0.15, -0.1) is 0 Å². The molecule has 0 radical (unpaired) electrons. The first-order valence-corrected chi connectivity index (χ1v) is 6.31. The van der Waals surface area contributed by atoms with Crippen LogP contribution in [0.3, 0.4) is 0 Å². The molecule has 1 aromatic rings. The Labute approximate surface area is 102 Å². The van der Waals surface area contributed by atoms with Crippen molar-refractivity contribution in [3.8, 4) is 0 Å². The van der Waals surface area contributed by atoms with Gasteiger partial charge in [0.2, 0.25) is 0 Å². The van der Waals surface area contributed by atoms with Gasteiger partial charge in [0.25, 0.3) is 0 Å². The van der Waals surface area contributed by atoms with Crippen molar-refractivity contribution in [1.29, 1.82) is 0 Å². The predicted molar refractivity (Wildman–Crippen MR) is 71.0 cm³/mol. The topological polar surface area (TPSA) is 38.0 Å². The molecular weight excluding hydrogens is 220 g/mol. The Hall–Kier alpha value is -0.890. The van der Waals surface area contributed by atoms with Gasteiger partial charge in [0.1, 0.15) is 0 Å². The Kier molecular flexibility index (Phi) is 3.29. The highest BCUT2D eigenvalue weighted by atomic mass is 35.5. The van der Waals surface area contributed by atoms with E-state index in [0.717, 1.165) is 11.6 Å². The maximum absolute atomic E-state index is 6.02. The summed E-state index contributed by atoms with van der Waals surface area (Å²) in [6, 6.07) is 4.51. The van der Waals surface area contributed by atoms with E-state index >= 15 is 0 Å². The zero-order chi connectivity index (χ0) is 11.7. The normalized spacial score (nSPS) is 23.2. The van der Waals surface area contributed by atoms with Gasteiger partial charge in [0, 0.05) is 11.7 Å². The van der Waals surface area contributed by atoms with Crippen LogP contribution in [0.25, 0.3) is 0 Å². The molecule has 1 fully saturated rings. The van der Waals surface area contributed by atoms with Crippen LogP contribution in [-0.4, -0.2) is 6.04 Å². The second kappa shape index (κ2) is 4.54. The summed E-state index contributed by atoms with van der Waals surface area (Å²) in [5.74, 6) is 0.848. The summed E-state index contributed by atoms with van der Waals surface area (Å²) in [6.45, 7) is 4.30. The molecule has 1 aliphatic carbocycles. The Morgan fingerprint density at radius 3 is 2.94 bits per heavy atom. The molecule has 2 unspecified atom stereocenters. The van der Waals surface area contributed by atoms with E-state index in [2.05, 4.69) is 19.2 Å². The molecule has 3 heteroatoms. The quantitative estimate of drug-likeness (QED) is 0.783. The molecule has 1 aromatic carbocycles. The third kappa shape index (κ3) is 2.43. The summed E-state index contributed by atoms with van der Waals surface area (Å²) in [5.41, 5.74) is 8.71. The Morgan fingerprint density at radius 1 is 1.50 bits per heavy atom. The maximum Gasteiger partial charge on any atom is 0.0656 e. The fourth-order valence-corrected chi connectivity index (χ4v) is 2.34. The van der Waals surface area contributed by atoms with Crippen LogP contribution in [0.15, 0.2) is 12.1 Å². The summed E-state index contributed by atoms with van der Waals surface area (Å²) >= 11 is 6.02. The molecule has 0 amide bonds. The molecule has 0 saturated heterocycles. The first-order chi connectivity index (χ1) is 7.61. The zero-order valence-electron chi connectivity index (χ0n) is 9.89. The van der Waals surface area contributed by atoms with Crippen LogP contribution in [-0.2, 0) is 0 Å². The van der Waals surface area contributed by atoms with Gasteiger partial charge >= 0.3 is 0 Å². The summed E-state index contributed by atoms with van der Waals surface area (Å²) in [4.78, 5) is 0. The molecule has 2 nitrogen and oxygen atoms in total. The predicted octanol–water partition coefficient (Wildman–Crippen LogP) is 3.83. The fraction of sp³-hybridized carbons (Fsp3) is 0.538. The highest BCUT2D eigenvalue weighted by molar-refractivity contribution is 6.33. The van der Waals surface area contributed by atoms with E-state index in [1.54, 1.807) is 0 Å². The highest BCUT2D eigenvalue weighted by Crippen LogP contribution is 2.38. The van der Waals surface area contributed by atoms with Crippen LogP contribution >= 0.6 is 11.6 Å². The number of hydrogen-bond donors (Lipinski definition) is 2. The fourth-order valence-electron chi connectivity index (χ4n) is 2.17. The summed E-state index contributed by atoms with van der Waals surface area (Å²) in [6.07, 6.45) is 3.87. The number of nitrogens with two attached hydrogens (primary N) is 1. The van der Waals surface area contributed by atoms with Gasteiger partial charge in [0.05, 0.1) is 10.7 Å². The summed E-state index contributed by atoms with van der Waals surface area (Å²) < 4.78 is 0. The number of hydrogen-bond acceptors (Lipinski definition) is 2. The van der Waals surface area contributed by atoms with Crippen molar-refractivity contribution in [1.82, 2.24) is 0 Å². The van der Waals surface area contributed by atoms with E-state index in [1.807, 2.05) is 12.1 Å². The molecule has 0 heterocycles. The van der Waals surface area contributed by atoms with Crippen molar-refractivity contribution in [2.45, 2.75) is 39.2 Å². The monoisotopic (exact) mass is 238 g/mol. The van der Waals surface area contributed by atoms with Crippen molar-refractivity contribution in [2.75, 3.05) is 11.1 Å². The van der Waals surface area contributed by atoms with E-state index in [1.165, 1.54) is 24.8 Å². The van der Waals surface area contributed by atoms with Crippen molar-refractivity contribution < 1.29 is 0 Å². The molecule has 88 valence electrons. The van der Waals surface area contributed by atoms with Crippen molar-refractivity contribution in [3.63, 3.8) is 0 Å². The zero-order valence-corrected chi connectivity index (χ0v) is 10.6. The van der Waals surface area contributed by atoms with Crippen LogP contribution in [0, 0.1) is 12.8 Å². The van der Waals surface area contributed by atoms with Gasteiger partial charge in [-0.25, -0.2) is 0 Å². The van der Waals surface area contributed by atoms with Gasteiger partial charge < -0.3 is 11.1 Å². The van der Waals surface area contributed by atoms with Crippen molar-refractivity contribution >= 4 is 23.0 Å². The molecule has 2 atom stereocenters. The second-order valence-electron chi connectivity index (χ2n) is 4.72. The van der Waals surface area contributed by atoms with E-state index < -0.39 is 0 Å². The Morgan fingerprint density at radius 2 is 2.25 bits per heavy atom. The van der Waals surface area contributed by atoms with Gasteiger partial charge in [-0.1, -0.05) is 24.9 Å². The summed E-state index contributed by atoms with van der Waals surface area (Å²) in [5, 5.41) is 4.19. The number of aryl methyl sites for hydroxylation is 1. The lowest BCUT2D eigenvalue weighted by Gasteiger charge is -2.11. The van der Waals surface area contributed by atoms with E-state index in [4.69, 9.17) is 17.3 Å². The minimum absolute atomic E-state index is 0.637. The molecule has 16 heavy (non-hydrogen) atoms. The minimum atomic E-state index is 0.637. The second-order valence-corrected chi connectivity index (χ2v) is 5.13. The molecular formula is C13H19ClN2. The number of halogens is 1. The molecule has 1 aliphatic rings. The summed E-state index contributed by atoms with van der Waals surface area (Å²) in [7, 11) is 0. The van der Waals surface area contributed by atoms with E-state index in [9.17, 15) is 0 Å². The van der Waals surface area contributed by atoms with Crippen molar-refractivity contribution in [2.24, 2.45) is 5.92 Å². The molecule has 0 aromatic heterocycles. The van der Waals surface area contributed by atoms with Gasteiger partial charge in [-0.2, -0.15) is 0 Å². The molecule has 0 spiro atoms. The first kappa shape index (κ1) is 11.6. The number of nitrogen functional groups attached to an aromatic ring is 1. The number of benzene rings is 1. The highest BCUT2D eigenvalue weighted by Gasteiger charge is 2.36. The van der Waals surface area contributed by atoms with Crippen LogP contribution in [0.4, 0.5) is 11.4 Å². The minimum Gasteiger partial charge on any atom is -0.398 e. The van der Waals surface area contributed by atoms with Crippen LogP contribution in [0.2, 0.25) is 5.02 Å². The molecule has 3 N–H and O–H groups in total. The average molecular weight is 239 g/mol. The Balaban J connectivity index is 2.03. The lowest BCUT2D eigenvalue weighted by atomic mass is 10.1. The van der Waals surface area contributed by atoms with Crippen LogP contribution < -0.4 is 11.1 Å². The van der Waals surface area contributed by atoms with E-state index in [0.29, 0.717) is 16.8 Å². The molecule has 0 bridgehead atoms. The third-order valence-electron chi connectivity index (χ3n) is 3.27. The third-order valence-corrected chi connectivity index (χ3v) is 3.59. The lowest BCUT2D eigenvalue weighted by molar-refractivity contribution is 0.692. The molecule has 1 saturated carbocycles. The van der Waals surface area contributed by atoms with Gasteiger partial charge in [0.15, 0.2) is 0 Å². The first-order valence-electron chi connectivity index (χ1n) is 5.94. The maximum atomic E-state index is 6.02. The van der Waals surface area contributed by atoms with Crippen molar-refractivity contribution in [3.05, 3.63) is 22.7 Å². The number of anilines is 2. The number of nitrogens with one attached hydrogen (secondary N) is 1. The lowest BCUT2D eigenvalue weighted by Crippen LogP contribution is -2.06. The van der Waals surface area contributed by atoms with Crippen LogP contribution in [0.1, 0.15) is 31.7 Å². The van der Waals surface area contributed by atoms with Crippen LogP contribution in [0.5, 0.6) is 0 Å². The van der Waals surface area contributed by atoms with E-state index in [-0.39, 0.29) is 0 Å². The molecule has 0 aliphatic heterocycles. The largest absolute Gasteiger partial charge is 0.398 e. The standard InChI is InChI=1S/C13H19ClN2/c1-3-4-9-6-13(9)16-12-7-10(14)11(15)5-8(12)2/h5,7,9,13,16H,3-4,6,15H2,1-2H3.